The van der Waals surface area contributed by atoms with Gasteiger partial charge in [0.1, 0.15) is 0 Å². The lowest BCUT2D eigenvalue weighted by molar-refractivity contribution is 1.06. The van der Waals surface area contributed by atoms with E-state index < -0.39 is 10.0 Å². The van der Waals surface area contributed by atoms with Gasteiger partial charge in [-0.15, -0.1) is 0 Å². The zero-order valence-corrected chi connectivity index (χ0v) is 25.5. The maximum atomic E-state index is 2.58. The molecule has 2 atom stereocenters. The van der Waals surface area contributed by atoms with E-state index in [1.807, 2.05) is 0 Å². The van der Waals surface area contributed by atoms with E-state index in [1.165, 1.54) is 77.9 Å². The molecule has 2 unspecified atom stereocenters. The van der Waals surface area contributed by atoms with Crippen molar-refractivity contribution < 1.29 is 0 Å². The van der Waals surface area contributed by atoms with E-state index in [9.17, 15) is 0 Å². The summed E-state index contributed by atoms with van der Waals surface area (Å²) in [7, 11) is -1.13. The second kappa shape index (κ2) is 9.42. The minimum atomic E-state index is -1.13. The van der Waals surface area contributed by atoms with Gasteiger partial charge < -0.3 is 0 Å². The zero-order valence-electron chi connectivity index (χ0n) is 24.6. The summed E-state index contributed by atoms with van der Waals surface area (Å²) < 4.78 is 0. The molecule has 0 saturated heterocycles. The molecule has 0 aliphatic heterocycles. The molecule has 0 spiro atoms. The summed E-state index contributed by atoms with van der Waals surface area (Å²) in [5.74, 6) is 0. The maximum absolute atomic E-state index is 2.58. The maximum Gasteiger partial charge on any atom is 0.0361 e. The molecule has 0 radical (unpaired) electrons. The molecule has 2 aliphatic rings. The first-order valence-electron chi connectivity index (χ1n) is 14.0. The van der Waals surface area contributed by atoms with E-state index in [1.54, 1.807) is 0 Å². The number of fused-ring (bicyclic) bond motifs is 2. The Morgan fingerprint density at radius 1 is 0.487 bits per heavy atom. The van der Waals surface area contributed by atoms with Crippen LogP contribution in [0.25, 0.3) is 34.4 Å². The molecule has 39 heavy (non-hydrogen) atoms. The van der Waals surface area contributed by atoms with Gasteiger partial charge in [-0.05, 0) is 98.6 Å². The van der Waals surface area contributed by atoms with Crippen molar-refractivity contribution in [2.75, 3.05) is 12.5 Å². The molecule has 0 nitrogen and oxygen atoms in total. The largest absolute Gasteiger partial charge is 0.226 e. The minimum Gasteiger partial charge on any atom is -0.226 e. The summed E-state index contributed by atoms with van der Waals surface area (Å²) in [4.78, 5) is 0. The van der Waals surface area contributed by atoms with Crippen molar-refractivity contribution in [2.45, 2.75) is 52.0 Å². The Bertz CT molecular complexity index is 1530. The Kier molecular flexibility index (Phi) is 6.27. The molecule has 0 aromatic heterocycles. The number of aryl methyl sites for hydroxylation is 4. The minimum absolute atomic E-state index is 0.447. The van der Waals surface area contributed by atoms with E-state index in [4.69, 9.17) is 0 Å². The van der Waals surface area contributed by atoms with Gasteiger partial charge in [0, 0.05) is 10.5 Å². The zero-order chi connectivity index (χ0) is 27.6. The molecule has 4 aromatic rings. The first-order valence-corrected chi connectivity index (χ1v) is 16.6. The van der Waals surface area contributed by atoms with Crippen LogP contribution in [0.2, 0.25) is 0 Å². The van der Waals surface area contributed by atoms with Crippen LogP contribution in [0.15, 0.2) is 83.9 Å². The Hall–Kier alpha value is -3.29. The molecule has 1 heteroatoms. The van der Waals surface area contributed by atoms with Crippen molar-refractivity contribution in [3.63, 3.8) is 0 Å². The third-order valence-electron chi connectivity index (χ3n) is 8.70. The van der Waals surface area contributed by atoms with Crippen LogP contribution in [-0.4, -0.2) is 12.5 Å². The number of hydrogen-bond acceptors (Lipinski definition) is 0. The van der Waals surface area contributed by atoms with Crippen molar-refractivity contribution >= 4 is 22.2 Å². The first-order chi connectivity index (χ1) is 18.5. The highest BCUT2D eigenvalue weighted by Gasteiger charge is 2.42. The van der Waals surface area contributed by atoms with Crippen molar-refractivity contribution in [3.05, 3.63) is 128 Å². The summed E-state index contributed by atoms with van der Waals surface area (Å²) >= 11 is 0. The predicted molar refractivity (Wildman–Crippen MR) is 175 cm³/mol. The van der Waals surface area contributed by atoms with E-state index >= 15 is 0 Å². The molecule has 0 saturated carbocycles. The normalized spacial score (nSPS) is 18.5. The first kappa shape index (κ1) is 26.0. The lowest BCUT2D eigenvalue weighted by Gasteiger charge is -2.46. The standard InChI is InChI=1S/C38H40S/c1-23-15-24(2)18-29(17-23)31-11-9-13-33-35(31)21-27(5)37(33)39(7,8)38-28(6)22-36-32(12-10-14-34(36)38)30-19-25(3)16-26(4)20-30/h9-22,37-38H,1-8H3. The molecule has 0 amide bonds. The SMILES string of the molecule is CC1=Cc2c(-c3cc(C)cc(C)c3)cccc2C1S(C)(C)C1C(C)=Cc2c(-c3cc(C)cc(C)c3)cccc21. The Morgan fingerprint density at radius 2 is 0.846 bits per heavy atom. The van der Waals surface area contributed by atoms with Crippen molar-refractivity contribution in [3.8, 4) is 22.3 Å². The highest BCUT2D eigenvalue weighted by atomic mass is 32.3. The van der Waals surface area contributed by atoms with Crippen LogP contribution in [-0.2, 0) is 0 Å². The van der Waals surface area contributed by atoms with Gasteiger partial charge in [0.25, 0.3) is 0 Å². The molecular formula is C38H40S. The van der Waals surface area contributed by atoms with Gasteiger partial charge in [0.2, 0.25) is 0 Å². The summed E-state index contributed by atoms with van der Waals surface area (Å²) in [6, 6.07) is 27.9. The van der Waals surface area contributed by atoms with Gasteiger partial charge in [-0.25, -0.2) is 10.0 Å². The average molecular weight is 529 g/mol. The van der Waals surface area contributed by atoms with Gasteiger partial charge in [-0.1, -0.05) is 118 Å². The fourth-order valence-corrected chi connectivity index (χ4v) is 11.6. The molecule has 6 rings (SSSR count). The van der Waals surface area contributed by atoms with Crippen LogP contribution in [0.3, 0.4) is 0 Å². The van der Waals surface area contributed by atoms with Crippen LogP contribution in [0.4, 0.5) is 0 Å². The van der Waals surface area contributed by atoms with E-state index in [-0.39, 0.29) is 0 Å². The van der Waals surface area contributed by atoms with E-state index in [0.717, 1.165) is 0 Å². The second-order valence-corrected chi connectivity index (χ2v) is 16.3. The van der Waals surface area contributed by atoms with Crippen LogP contribution in [0.5, 0.6) is 0 Å². The molecule has 0 bridgehead atoms. The van der Waals surface area contributed by atoms with Gasteiger partial charge >= 0.3 is 0 Å². The van der Waals surface area contributed by atoms with Crippen molar-refractivity contribution in [2.24, 2.45) is 0 Å². The lowest BCUT2D eigenvalue weighted by Crippen LogP contribution is -2.16. The van der Waals surface area contributed by atoms with Crippen molar-refractivity contribution in [1.29, 1.82) is 0 Å². The average Bonchev–Trinajstić information content (AvgIpc) is 3.38. The monoisotopic (exact) mass is 528 g/mol. The highest BCUT2D eigenvalue weighted by Crippen LogP contribution is 2.72. The molecule has 0 fully saturated rings. The summed E-state index contributed by atoms with van der Waals surface area (Å²) in [5.41, 5.74) is 19.6. The molecule has 0 N–H and O–H groups in total. The highest BCUT2D eigenvalue weighted by molar-refractivity contribution is 8.33. The third kappa shape index (κ3) is 4.32. The molecule has 0 heterocycles. The van der Waals surface area contributed by atoms with Gasteiger partial charge in [-0.3, -0.25) is 0 Å². The lowest BCUT2D eigenvalue weighted by atomic mass is 9.94. The van der Waals surface area contributed by atoms with Gasteiger partial charge in [-0.2, -0.15) is 0 Å². The van der Waals surface area contributed by atoms with E-state index in [0.29, 0.717) is 10.5 Å². The Morgan fingerprint density at radius 3 is 1.21 bits per heavy atom. The fourth-order valence-electron chi connectivity index (χ4n) is 7.56. The number of hydrogen-bond donors (Lipinski definition) is 0. The molecular weight excluding hydrogens is 488 g/mol. The van der Waals surface area contributed by atoms with Gasteiger partial charge in [0.05, 0.1) is 0 Å². The van der Waals surface area contributed by atoms with Crippen LogP contribution in [0, 0.1) is 27.7 Å². The van der Waals surface area contributed by atoms with E-state index in [2.05, 4.69) is 139 Å². The van der Waals surface area contributed by atoms with Crippen LogP contribution >= 0.6 is 10.0 Å². The topological polar surface area (TPSA) is 0 Å². The Labute approximate surface area is 236 Å². The quantitative estimate of drug-likeness (QED) is 0.247. The summed E-state index contributed by atoms with van der Waals surface area (Å²) in [5, 5.41) is 0.894. The number of rotatable bonds is 4. The van der Waals surface area contributed by atoms with Crippen LogP contribution < -0.4 is 0 Å². The summed E-state index contributed by atoms with van der Waals surface area (Å²) in [6.07, 6.45) is 10.1. The molecule has 2 aliphatic carbocycles. The molecule has 4 aromatic carbocycles. The Balaban J connectivity index is 1.45. The third-order valence-corrected chi connectivity index (χ3v) is 12.4. The van der Waals surface area contributed by atoms with Crippen LogP contribution in [0.1, 0.15) is 68.9 Å². The smallest absolute Gasteiger partial charge is 0.0361 e. The second-order valence-electron chi connectivity index (χ2n) is 12.4. The number of benzene rings is 4. The molecule has 198 valence electrons. The van der Waals surface area contributed by atoms with Crippen molar-refractivity contribution in [1.82, 2.24) is 0 Å². The van der Waals surface area contributed by atoms with Gasteiger partial charge in [0.15, 0.2) is 0 Å². The predicted octanol–water partition coefficient (Wildman–Crippen LogP) is 10.9. The fraction of sp³-hybridized carbons (Fsp3) is 0.263. The summed E-state index contributed by atoms with van der Waals surface area (Å²) in [6.45, 7) is 13.5.